The van der Waals surface area contributed by atoms with Crippen molar-refractivity contribution in [3.05, 3.63) is 47.5 Å². The molecule has 0 aromatic heterocycles. The van der Waals surface area contributed by atoms with Gasteiger partial charge in [-0.25, -0.2) is 0 Å². The SMILES string of the molecule is CN(C)c1ccc([Si](C)(C)COc2cc(C(C)(C)C)c(O)c(C(C)(C)C)c2)cc1. The zero-order chi connectivity index (χ0) is 22.2. The summed E-state index contributed by atoms with van der Waals surface area (Å²) in [5.74, 6) is 1.25. The predicted molar refractivity (Wildman–Crippen MR) is 129 cm³/mol. The molecular formula is C25H39NO2Si. The summed E-state index contributed by atoms with van der Waals surface area (Å²) in [7, 11) is 2.36. The Labute approximate surface area is 178 Å². The van der Waals surface area contributed by atoms with Gasteiger partial charge in [0.15, 0.2) is 0 Å². The minimum atomic E-state index is -1.76. The highest BCUT2D eigenvalue weighted by molar-refractivity contribution is 6.89. The number of anilines is 1. The molecule has 2 rings (SSSR count). The van der Waals surface area contributed by atoms with Crippen LogP contribution in [0.4, 0.5) is 5.69 Å². The standard InChI is InChI=1S/C25H39NO2Si/c1-24(2,3)21-15-19(16-22(23(21)27)25(4,5)6)28-17-29(9,10)20-13-11-18(12-14-20)26(7)8/h11-16,27H,17H2,1-10H3. The molecule has 29 heavy (non-hydrogen) atoms. The van der Waals surface area contributed by atoms with Crippen LogP contribution < -0.4 is 14.8 Å². The summed E-state index contributed by atoms with van der Waals surface area (Å²) < 4.78 is 6.37. The van der Waals surface area contributed by atoms with Crippen molar-refractivity contribution in [3.63, 3.8) is 0 Å². The zero-order valence-electron chi connectivity index (χ0n) is 20.0. The molecule has 0 bridgehead atoms. The van der Waals surface area contributed by atoms with Gasteiger partial charge in [0, 0.05) is 30.9 Å². The highest BCUT2D eigenvalue weighted by Crippen LogP contribution is 2.41. The van der Waals surface area contributed by atoms with Crippen molar-refractivity contribution in [1.29, 1.82) is 0 Å². The van der Waals surface area contributed by atoms with Crippen LogP contribution in [-0.2, 0) is 10.8 Å². The number of nitrogens with zero attached hydrogens (tertiary/aromatic N) is 1. The summed E-state index contributed by atoms with van der Waals surface area (Å²) in [5.41, 5.74) is 2.78. The third kappa shape index (κ3) is 5.56. The number of benzene rings is 2. The van der Waals surface area contributed by atoms with Crippen LogP contribution in [0, 0.1) is 0 Å². The van der Waals surface area contributed by atoms with Gasteiger partial charge in [-0.05, 0) is 35.1 Å². The Balaban J connectivity index is 2.33. The number of phenolic OH excluding ortho intramolecular Hbond substituents is 1. The molecule has 2 aromatic carbocycles. The summed E-state index contributed by atoms with van der Waals surface area (Å²) >= 11 is 0. The van der Waals surface area contributed by atoms with Crippen LogP contribution in [0.15, 0.2) is 36.4 Å². The van der Waals surface area contributed by atoms with Gasteiger partial charge in [-0.1, -0.05) is 72.0 Å². The molecule has 0 spiro atoms. The van der Waals surface area contributed by atoms with E-state index in [1.807, 2.05) is 12.1 Å². The van der Waals surface area contributed by atoms with Crippen LogP contribution in [0.5, 0.6) is 11.5 Å². The smallest absolute Gasteiger partial charge is 0.124 e. The van der Waals surface area contributed by atoms with Gasteiger partial charge in [0.1, 0.15) is 19.6 Å². The average molecular weight is 414 g/mol. The number of hydrogen-bond donors (Lipinski definition) is 1. The van der Waals surface area contributed by atoms with Crippen molar-refractivity contribution in [2.75, 3.05) is 25.2 Å². The second-order valence-corrected chi connectivity index (χ2v) is 15.6. The molecule has 0 aliphatic heterocycles. The molecule has 160 valence electrons. The van der Waals surface area contributed by atoms with Crippen LogP contribution >= 0.6 is 0 Å². The van der Waals surface area contributed by atoms with Crippen LogP contribution in [0.1, 0.15) is 52.7 Å². The minimum absolute atomic E-state index is 0.154. The van der Waals surface area contributed by atoms with Crippen molar-refractivity contribution >= 4 is 18.9 Å². The van der Waals surface area contributed by atoms with Crippen molar-refractivity contribution in [2.24, 2.45) is 0 Å². The second kappa shape index (κ2) is 8.06. The molecule has 1 N–H and O–H groups in total. The first-order valence-electron chi connectivity index (χ1n) is 10.4. The number of hydrogen-bond acceptors (Lipinski definition) is 3. The lowest BCUT2D eigenvalue weighted by molar-refractivity contribution is 0.369. The molecule has 0 aliphatic rings. The van der Waals surface area contributed by atoms with E-state index in [1.165, 1.54) is 10.9 Å². The van der Waals surface area contributed by atoms with E-state index in [0.717, 1.165) is 16.9 Å². The quantitative estimate of drug-likeness (QED) is 0.649. The van der Waals surface area contributed by atoms with E-state index in [1.54, 1.807) is 0 Å². The molecule has 4 heteroatoms. The fraction of sp³-hybridized carbons (Fsp3) is 0.520. The normalized spacial score (nSPS) is 12.8. The van der Waals surface area contributed by atoms with Crippen molar-refractivity contribution in [1.82, 2.24) is 0 Å². The molecule has 0 aliphatic carbocycles. The third-order valence-electron chi connectivity index (χ3n) is 5.46. The molecule has 0 saturated carbocycles. The Morgan fingerprint density at radius 3 is 1.69 bits per heavy atom. The Morgan fingerprint density at radius 2 is 1.31 bits per heavy atom. The Kier molecular flexibility index (Phi) is 6.48. The molecule has 0 fully saturated rings. The van der Waals surface area contributed by atoms with E-state index in [0.29, 0.717) is 12.0 Å². The minimum Gasteiger partial charge on any atom is -0.507 e. The summed E-state index contributed by atoms with van der Waals surface area (Å²) in [6, 6.07) is 12.9. The van der Waals surface area contributed by atoms with Gasteiger partial charge in [-0.3, -0.25) is 0 Å². The summed E-state index contributed by atoms with van der Waals surface area (Å²) in [6.45, 7) is 17.5. The number of aromatic hydroxyl groups is 1. The van der Waals surface area contributed by atoms with Crippen molar-refractivity contribution in [2.45, 2.75) is 65.5 Å². The summed E-state index contributed by atoms with van der Waals surface area (Å²) in [6.07, 6.45) is 0.701. The fourth-order valence-corrected chi connectivity index (χ4v) is 5.16. The van der Waals surface area contributed by atoms with Crippen LogP contribution in [0.25, 0.3) is 0 Å². The van der Waals surface area contributed by atoms with Gasteiger partial charge in [-0.2, -0.15) is 0 Å². The summed E-state index contributed by atoms with van der Waals surface area (Å²) in [4.78, 5) is 2.12. The first-order chi connectivity index (χ1) is 13.1. The maximum Gasteiger partial charge on any atom is 0.124 e. The van der Waals surface area contributed by atoms with E-state index < -0.39 is 8.07 Å². The number of rotatable bonds is 5. The van der Waals surface area contributed by atoms with Gasteiger partial charge < -0.3 is 14.7 Å². The first-order valence-corrected chi connectivity index (χ1v) is 13.6. The second-order valence-electron chi connectivity index (χ2n) is 11.0. The van der Waals surface area contributed by atoms with E-state index in [9.17, 15) is 5.11 Å². The van der Waals surface area contributed by atoms with Gasteiger partial charge in [0.25, 0.3) is 0 Å². The Hall–Kier alpha value is -1.94. The third-order valence-corrected chi connectivity index (χ3v) is 8.23. The van der Waals surface area contributed by atoms with Crippen molar-refractivity contribution < 1.29 is 9.84 Å². The Morgan fingerprint density at radius 1 is 0.862 bits per heavy atom. The molecule has 0 saturated heterocycles. The molecule has 0 atom stereocenters. The van der Waals surface area contributed by atoms with Gasteiger partial charge in [0.05, 0.1) is 6.23 Å². The lowest BCUT2D eigenvalue weighted by Gasteiger charge is -2.29. The molecule has 2 aromatic rings. The number of ether oxygens (including phenoxy) is 1. The zero-order valence-corrected chi connectivity index (χ0v) is 21.0. The molecule has 0 radical (unpaired) electrons. The molecule has 0 amide bonds. The van der Waals surface area contributed by atoms with E-state index in [-0.39, 0.29) is 10.8 Å². The highest BCUT2D eigenvalue weighted by atomic mass is 28.3. The van der Waals surface area contributed by atoms with E-state index in [2.05, 4.69) is 97.9 Å². The molecule has 0 unspecified atom stereocenters. The number of phenols is 1. The topological polar surface area (TPSA) is 32.7 Å². The van der Waals surface area contributed by atoms with Crippen LogP contribution in [0.3, 0.4) is 0 Å². The lowest BCUT2D eigenvalue weighted by Crippen LogP contribution is -2.47. The molecular weight excluding hydrogens is 374 g/mol. The largest absolute Gasteiger partial charge is 0.507 e. The maximum atomic E-state index is 10.9. The molecule has 3 nitrogen and oxygen atoms in total. The Bertz CT molecular complexity index is 806. The van der Waals surface area contributed by atoms with Gasteiger partial charge in [-0.15, -0.1) is 0 Å². The van der Waals surface area contributed by atoms with E-state index >= 15 is 0 Å². The average Bonchev–Trinajstić information content (AvgIpc) is 2.59. The first kappa shape index (κ1) is 23.3. The van der Waals surface area contributed by atoms with Crippen LogP contribution in [-0.4, -0.2) is 33.5 Å². The monoisotopic (exact) mass is 413 g/mol. The lowest BCUT2D eigenvalue weighted by atomic mass is 9.79. The summed E-state index contributed by atoms with van der Waals surface area (Å²) in [5, 5.41) is 12.3. The van der Waals surface area contributed by atoms with Gasteiger partial charge in [0.2, 0.25) is 0 Å². The fourth-order valence-electron chi connectivity index (χ4n) is 3.39. The van der Waals surface area contributed by atoms with Crippen LogP contribution in [0.2, 0.25) is 13.1 Å². The maximum absolute atomic E-state index is 10.9. The predicted octanol–water partition coefficient (Wildman–Crippen LogP) is 5.59. The van der Waals surface area contributed by atoms with Crippen molar-refractivity contribution in [3.8, 4) is 11.5 Å². The molecule has 0 heterocycles. The van der Waals surface area contributed by atoms with Gasteiger partial charge >= 0.3 is 0 Å². The van der Waals surface area contributed by atoms with E-state index in [4.69, 9.17) is 4.74 Å². The highest BCUT2D eigenvalue weighted by Gasteiger charge is 2.29.